The van der Waals surface area contributed by atoms with Crippen LogP contribution in [-0.2, 0) is 0 Å². The van der Waals surface area contributed by atoms with E-state index in [1.165, 1.54) is 147 Å². The molecule has 0 aliphatic rings. The molecule has 0 N–H and O–H groups in total. The Balaban J connectivity index is 1.19. The highest BCUT2D eigenvalue weighted by Gasteiger charge is 2.33. The minimum Gasteiger partial charge on any atom is -0.0622 e. The van der Waals surface area contributed by atoms with E-state index < -0.39 is 7.92 Å². The van der Waals surface area contributed by atoms with Crippen molar-refractivity contribution >= 4 is 88.5 Å². The molecule has 0 unspecified atom stereocenters. The molecule has 0 saturated heterocycles. The van der Waals surface area contributed by atoms with E-state index in [1.807, 2.05) is 0 Å². The van der Waals surface area contributed by atoms with Gasteiger partial charge in [0.1, 0.15) is 0 Å². The van der Waals surface area contributed by atoms with Crippen LogP contribution in [0.25, 0.3) is 131 Å². The lowest BCUT2D eigenvalue weighted by Crippen LogP contribution is -2.27. The van der Waals surface area contributed by atoms with Gasteiger partial charge in [-0.25, -0.2) is 0 Å². The van der Waals surface area contributed by atoms with Gasteiger partial charge in [0, 0.05) is 10.6 Å². The van der Waals surface area contributed by atoms with Gasteiger partial charge < -0.3 is 0 Å². The molecule has 15 aromatic rings. The van der Waals surface area contributed by atoms with Crippen molar-refractivity contribution in [1.29, 1.82) is 0 Å². The standard InChI is InChI=1S/C78H51P/c1-2-34-60(35-3-1)79(77-73(69-44-18-30-54-24-6-12-38-63(54)69)48-58(67-42-16-28-52-22-4-10-36-61(52)67)49-74(77)70-45-19-31-55-25-7-13-39-64(55)70)78-75(71-46-20-32-56-26-8-14-40-65(56)71)50-59(68-43-17-29-53-23-5-11-37-62(53)68)51-76(78)72-47-21-33-57-27-9-15-41-66(57)72/h1-51H. The molecule has 0 bridgehead atoms. The van der Waals surface area contributed by atoms with Gasteiger partial charge in [0.25, 0.3) is 0 Å². The summed E-state index contributed by atoms with van der Waals surface area (Å²) in [5.74, 6) is 0. The third kappa shape index (κ3) is 8.12. The maximum Gasteiger partial charge on any atom is 0.000722 e. The van der Waals surface area contributed by atoms with Crippen molar-refractivity contribution in [1.82, 2.24) is 0 Å². The average molecular weight is 1020 g/mol. The van der Waals surface area contributed by atoms with Gasteiger partial charge in [-0.2, -0.15) is 0 Å². The molecule has 15 rings (SSSR count). The summed E-state index contributed by atoms with van der Waals surface area (Å²) >= 11 is 0. The molecule has 1 heteroatoms. The zero-order valence-electron chi connectivity index (χ0n) is 43.4. The summed E-state index contributed by atoms with van der Waals surface area (Å²) in [5.41, 5.74) is 14.6. The van der Waals surface area contributed by atoms with E-state index in [9.17, 15) is 0 Å². The zero-order valence-corrected chi connectivity index (χ0v) is 44.3. The molecular weight excluding hydrogens is 968 g/mol. The molecule has 0 aliphatic heterocycles. The van der Waals surface area contributed by atoms with Crippen LogP contribution in [0.2, 0.25) is 0 Å². The maximum absolute atomic E-state index is 2.55. The summed E-state index contributed by atoms with van der Waals surface area (Å²) in [6, 6.07) is 116. The fourth-order valence-electron chi connectivity index (χ4n) is 12.6. The highest BCUT2D eigenvalue weighted by Crippen LogP contribution is 2.52. The molecule has 0 aromatic heterocycles. The maximum atomic E-state index is 2.55. The highest BCUT2D eigenvalue weighted by atomic mass is 31.1. The van der Waals surface area contributed by atoms with Crippen molar-refractivity contribution in [2.45, 2.75) is 0 Å². The Morgan fingerprint density at radius 3 is 0.658 bits per heavy atom. The van der Waals surface area contributed by atoms with Crippen LogP contribution in [0.4, 0.5) is 0 Å². The Morgan fingerprint density at radius 2 is 0.380 bits per heavy atom. The van der Waals surface area contributed by atoms with E-state index >= 15 is 0 Å². The Bertz CT molecular complexity index is 4330. The largest absolute Gasteiger partial charge is 0.0622 e. The Morgan fingerprint density at radius 1 is 0.165 bits per heavy atom. The average Bonchev–Trinajstić information content (AvgIpc) is 3.70. The molecule has 0 radical (unpaired) electrons. The lowest BCUT2D eigenvalue weighted by Gasteiger charge is -2.32. The van der Waals surface area contributed by atoms with E-state index in [4.69, 9.17) is 0 Å². The minimum absolute atomic E-state index is 1.18. The fourth-order valence-corrected chi connectivity index (χ4v) is 15.5. The summed E-state index contributed by atoms with van der Waals surface area (Å²) in [6.45, 7) is 0. The number of hydrogen-bond donors (Lipinski definition) is 0. The monoisotopic (exact) mass is 1020 g/mol. The second-order valence-electron chi connectivity index (χ2n) is 20.7. The number of fused-ring (bicyclic) bond motifs is 6. The molecule has 368 valence electrons. The van der Waals surface area contributed by atoms with Crippen LogP contribution in [0.1, 0.15) is 0 Å². The number of benzene rings is 15. The first-order valence-corrected chi connectivity index (χ1v) is 28.7. The predicted octanol–water partition coefficient (Wildman–Crippen LogP) is 20.4. The lowest BCUT2D eigenvalue weighted by atomic mass is 9.88. The second kappa shape index (κ2) is 19.7. The number of rotatable bonds is 9. The van der Waals surface area contributed by atoms with E-state index in [2.05, 4.69) is 309 Å². The zero-order chi connectivity index (χ0) is 52.2. The van der Waals surface area contributed by atoms with Gasteiger partial charge in [-0.05, 0) is 169 Å². The van der Waals surface area contributed by atoms with Crippen LogP contribution in [0.15, 0.2) is 309 Å². The first kappa shape index (κ1) is 46.6. The number of hydrogen-bond acceptors (Lipinski definition) is 0. The summed E-state index contributed by atoms with van der Waals surface area (Å²) in [4.78, 5) is 0. The summed E-state index contributed by atoms with van der Waals surface area (Å²) in [5, 5.41) is 18.6. The van der Waals surface area contributed by atoms with E-state index in [0.29, 0.717) is 0 Å². The minimum atomic E-state index is -1.48. The van der Waals surface area contributed by atoms with Crippen LogP contribution < -0.4 is 15.9 Å². The van der Waals surface area contributed by atoms with Crippen LogP contribution in [-0.4, -0.2) is 0 Å². The topological polar surface area (TPSA) is 0 Å². The van der Waals surface area contributed by atoms with Crippen molar-refractivity contribution in [2.24, 2.45) is 0 Å². The van der Waals surface area contributed by atoms with Crippen LogP contribution >= 0.6 is 7.92 Å². The van der Waals surface area contributed by atoms with Gasteiger partial charge >= 0.3 is 0 Å². The molecule has 0 spiro atoms. The van der Waals surface area contributed by atoms with Gasteiger partial charge in [0.05, 0.1) is 0 Å². The van der Waals surface area contributed by atoms with Crippen LogP contribution in [0.5, 0.6) is 0 Å². The SMILES string of the molecule is c1ccc(P(c2c(-c3cccc4ccccc34)cc(-c3cccc4ccccc34)cc2-c2cccc3ccccc23)c2c(-c3cccc4ccccc34)cc(-c3cccc4ccccc34)cc2-c2cccc3ccccc23)cc1. The molecule has 0 heterocycles. The molecule has 0 fully saturated rings. The summed E-state index contributed by atoms with van der Waals surface area (Å²) < 4.78 is 0. The van der Waals surface area contributed by atoms with Crippen molar-refractivity contribution in [2.75, 3.05) is 0 Å². The van der Waals surface area contributed by atoms with Crippen LogP contribution in [0, 0.1) is 0 Å². The molecule has 0 atom stereocenters. The smallest absolute Gasteiger partial charge is 0.000722 e. The normalized spacial score (nSPS) is 11.7. The molecule has 0 amide bonds. The van der Waals surface area contributed by atoms with Gasteiger partial charge in [-0.15, -0.1) is 0 Å². The first-order chi connectivity index (χ1) is 39.2. The van der Waals surface area contributed by atoms with E-state index in [1.54, 1.807) is 0 Å². The van der Waals surface area contributed by atoms with Crippen LogP contribution in [0.3, 0.4) is 0 Å². The molecule has 79 heavy (non-hydrogen) atoms. The summed E-state index contributed by atoms with van der Waals surface area (Å²) in [7, 11) is -1.48. The Kier molecular flexibility index (Phi) is 11.6. The van der Waals surface area contributed by atoms with E-state index in [0.717, 1.165) is 0 Å². The Hall–Kier alpha value is -9.71. The third-order valence-electron chi connectivity index (χ3n) is 16.2. The Labute approximate surface area is 461 Å². The van der Waals surface area contributed by atoms with Gasteiger partial charge in [-0.1, -0.05) is 285 Å². The molecule has 0 aliphatic carbocycles. The van der Waals surface area contributed by atoms with Gasteiger partial charge in [0.2, 0.25) is 0 Å². The molecule has 0 saturated carbocycles. The van der Waals surface area contributed by atoms with Crippen molar-refractivity contribution in [3.8, 4) is 66.8 Å². The first-order valence-electron chi connectivity index (χ1n) is 27.3. The fraction of sp³-hybridized carbons (Fsp3) is 0. The highest BCUT2D eigenvalue weighted by molar-refractivity contribution is 7.80. The quantitative estimate of drug-likeness (QED) is 0.126. The third-order valence-corrected chi connectivity index (χ3v) is 18.9. The van der Waals surface area contributed by atoms with Gasteiger partial charge in [-0.3, -0.25) is 0 Å². The molecule has 0 nitrogen and oxygen atoms in total. The summed E-state index contributed by atoms with van der Waals surface area (Å²) in [6.07, 6.45) is 0. The lowest BCUT2D eigenvalue weighted by molar-refractivity contribution is 1.62. The van der Waals surface area contributed by atoms with E-state index in [-0.39, 0.29) is 0 Å². The molecule has 15 aromatic carbocycles. The van der Waals surface area contributed by atoms with Crippen molar-refractivity contribution in [3.63, 3.8) is 0 Å². The van der Waals surface area contributed by atoms with Gasteiger partial charge in [0.15, 0.2) is 0 Å². The predicted molar refractivity (Wildman–Crippen MR) is 343 cm³/mol. The van der Waals surface area contributed by atoms with Crippen molar-refractivity contribution < 1.29 is 0 Å². The van der Waals surface area contributed by atoms with Crippen molar-refractivity contribution in [3.05, 3.63) is 309 Å². The molecular formula is C78H51P. The second-order valence-corrected chi connectivity index (χ2v) is 22.8.